The summed E-state index contributed by atoms with van der Waals surface area (Å²) in [4.78, 5) is 16.4. The molecule has 2 aromatic rings. The second kappa shape index (κ2) is 2.62. The van der Waals surface area contributed by atoms with Crippen LogP contribution in [0.15, 0.2) is 6.20 Å². The molecule has 0 saturated heterocycles. The SMILES string of the molecule is Cc1cnc2nc(N)nc(C)c2n1. The van der Waals surface area contributed by atoms with E-state index in [1.807, 2.05) is 13.8 Å². The lowest BCUT2D eigenvalue weighted by atomic mass is 10.3. The molecule has 0 aliphatic carbocycles. The number of aryl methyl sites for hydroxylation is 2. The van der Waals surface area contributed by atoms with Crippen LogP contribution in [0.3, 0.4) is 0 Å². The van der Waals surface area contributed by atoms with Crippen LogP contribution in [0.5, 0.6) is 0 Å². The van der Waals surface area contributed by atoms with E-state index < -0.39 is 0 Å². The van der Waals surface area contributed by atoms with Crippen molar-refractivity contribution in [1.82, 2.24) is 19.9 Å². The van der Waals surface area contributed by atoms with E-state index in [4.69, 9.17) is 5.73 Å². The topological polar surface area (TPSA) is 77.6 Å². The number of hydrogen-bond acceptors (Lipinski definition) is 5. The van der Waals surface area contributed by atoms with Gasteiger partial charge in [-0.15, -0.1) is 0 Å². The largest absolute Gasteiger partial charge is 0.368 e. The van der Waals surface area contributed by atoms with Crippen molar-refractivity contribution in [2.24, 2.45) is 0 Å². The molecule has 0 atom stereocenters. The lowest BCUT2D eigenvalue weighted by Gasteiger charge is -2.00. The van der Waals surface area contributed by atoms with Crippen molar-refractivity contribution < 1.29 is 0 Å². The van der Waals surface area contributed by atoms with Gasteiger partial charge in [0.2, 0.25) is 5.95 Å². The Morgan fingerprint density at radius 3 is 2.69 bits per heavy atom. The van der Waals surface area contributed by atoms with Crippen molar-refractivity contribution in [3.05, 3.63) is 17.6 Å². The molecule has 2 N–H and O–H groups in total. The first-order valence-corrected chi connectivity index (χ1v) is 3.90. The summed E-state index contributed by atoms with van der Waals surface area (Å²) < 4.78 is 0. The second-order valence-electron chi connectivity index (χ2n) is 2.85. The average Bonchev–Trinajstić information content (AvgIpc) is 2.06. The van der Waals surface area contributed by atoms with Crippen molar-refractivity contribution in [3.8, 4) is 0 Å². The minimum Gasteiger partial charge on any atom is -0.368 e. The van der Waals surface area contributed by atoms with E-state index >= 15 is 0 Å². The van der Waals surface area contributed by atoms with Crippen molar-refractivity contribution >= 4 is 17.1 Å². The van der Waals surface area contributed by atoms with Gasteiger partial charge < -0.3 is 5.73 Å². The van der Waals surface area contributed by atoms with Crippen molar-refractivity contribution in [2.75, 3.05) is 5.73 Å². The van der Waals surface area contributed by atoms with Gasteiger partial charge >= 0.3 is 0 Å². The molecule has 0 aliphatic rings. The van der Waals surface area contributed by atoms with Crippen LogP contribution in [0.2, 0.25) is 0 Å². The average molecular weight is 175 g/mol. The Kier molecular flexibility index (Phi) is 1.58. The summed E-state index contributed by atoms with van der Waals surface area (Å²) in [5.41, 5.74) is 8.35. The van der Waals surface area contributed by atoms with E-state index in [2.05, 4.69) is 19.9 Å². The Labute approximate surface area is 75.1 Å². The molecule has 0 aromatic carbocycles. The van der Waals surface area contributed by atoms with Gasteiger partial charge in [0.25, 0.3) is 0 Å². The van der Waals surface area contributed by atoms with Crippen LogP contribution in [0.4, 0.5) is 5.95 Å². The van der Waals surface area contributed by atoms with Gasteiger partial charge in [-0.2, -0.15) is 4.98 Å². The van der Waals surface area contributed by atoms with Crippen molar-refractivity contribution in [3.63, 3.8) is 0 Å². The van der Waals surface area contributed by atoms with Crippen LogP contribution in [0.1, 0.15) is 11.4 Å². The smallest absolute Gasteiger partial charge is 0.222 e. The van der Waals surface area contributed by atoms with Crippen LogP contribution >= 0.6 is 0 Å². The molecule has 0 radical (unpaired) electrons. The fourth-order valence-corrected chi connectivity index (χ4v) is 1.15. The predicted molar refractivity (Wildman–Crippen MR) is 49.0 cm³/mol. The highest BCUT2D eigenvalue weighted by atomic mass is 15.0. The molecule has 5 heteroatoms. The molecule has 0 unspecified atom stereocenters. The normalized spacial score (nSPS) is 10.6. The molecular weight excluding hydrogens is 166 g/mol. The maximum Gasteiger partial charge on any atom is 0.222 e. The van der Waals surface area contributed by atoms with Gasteiger partial charge in [-0.1, -0.05) is 0 Å². The quantitative estimate of drug-likeness (QED) is 0.635. The number of aromatic nitrogens is 4. The molecule has 2 rings (SSSR count). The second-order valence-corrected chi connectivity index (χ2v) is 2.85. The number of anilines is 1. The predicted octanol–water partition coefficient (Wildman–Crippen LogP) is 0.619. The minimum atomic E-state index is 0.239. The summed E-state index contributed by atoms with van der Waals surface area (Å²) in [5, 5.41) is 0. The van der Waals surface area contributed by atoms with Crippen molar-refractivity contribution in [2.45, 2.75) is 13.8 Å². The molecule has 0 fully saturated rings. The fraction of sp³-hybridized carbons (Fsp3) is 0.250. The van der Waals surface area contributed by atoms with E-state index in [1.165, 1.54) is 0 Å². The van der Waals surface area contributed by atoms with E-state index in [-0.39, 0.29) is 5.95 Å². The zero-order valence-corrected chi connectivity index (χ0v) is 7.44. The maximum absolute atomic E-state index is 5.47. The summed E-state index contributed by atoms with van der Waals surface area (Å²) in [6.45, 7) is 3.72. The molecule has 0 aliphatic heterocycles. The van der Waals surface area contributed by atoms with Crippen LogP contribution in [0, 0.1) is 13.8 Å². The molecule has 0 saturated carbocycles. The summed E-state index contributed by atoms with van der Waals surface area (Å²) in [5.74, 6) is 0.239. The maximum atomic E-state index is 5.47. The van der Waals surface area contributed by atoms with Gasteiger partial charge in [-0.05, 0) is 13.8 Å². The Bertz CT molecular complexity index is 465. The molecule has 2 aromatic heterocycles. The van der Waals surface area contributed by atoms with E-state index in [0.717, 1.165) is 11.4 Å². The van der Waals surface area contributed by atoms with Gasteiger partial charge in [0.1, 0.15) is 5.52 Å². The molecule has 2 heterocycles. The Balaban J connectivity index is 2.87. The Morgan fingerprint density at radius 1 is 1.15 bits per heavy atom. The van der Waals surface area contributed by atoms with E-state index in [1.54, 1.807) is 6.20 Å². The van der Waals surface area contributed by atoms with E-state index in [0.29, 0.717) is 11.2 Å². The van der Waals surface area contributed by atoms with Gasteiger partial charge in [0.05, 0.1) is 17.6 Å². The van der Waals surface area contributed by atoms with Crippen LogP contribution < -0.4 is 5.73 Å². The lowest BCUT2D eigenvalue weighted by Crippen LogP contribution is -2.01. The third-order valence-electron chi connectivity index (χ3n) is 1.72. The monoisotopic (exact) mass is 175 g/mol. The third kappa shape index (κ3) is 1.28. The molecule has 0 amide bonds. The third-order valence-corrected chi connectivity index (χ3v) is 1.72. The highest BCUT2D eigenvalue weighted by Gasteiger charge is 2.04. The zero-order valence-electron chi connectivity index (χ0n) is 7.44. The number of fused-ring (bicyclic) bond motifs is 1. The molecule has 0 spiro atoms. The lowest BCUT2D eigenvalue weighted by molar-refractivity contribution is 1.08. The zero-order chi connectivity index (χ0) is 9.42. The minimum absolute atomic E-state index is 0.239. The summed E-state index contributed by atoms with van der Waals surface area (Å²) in [6, 6.07) is 0. The fourth-order valence-electron chi connectivity index (χ4n) is 1.15. The van der Waals surface area contributed by atoms with Crippen LogP contribution in [-0.2, 0) is 0 Å². The first kappa shape index (κ1) is 7.85. The highest BCUT2D eigenvalue weighted by molar-refractivity contribution is 5.73. The summed E-state index contributed by atoms with van der Waals surface area (Å²) >= 11 is 0. The number of nitrogens with zero attached hydrogens (tertiary/aromatic N) is 4. The standard InChI is InChI=1S/C8H9N5/c1-4-3-10-7-6(11-4)5(2)12-8(9)13-7/h3H,1-2H3,(H2,9,10,12,13). The molecular formula is C8H9N5. The molecule has 5 nitrogen and oxygen atoms in total. The highest BCUT2D eigenvalue weighted by Crippen LogP contribution is 2.11. The molecule has 0 bridgehead atoms. The summed E-state index contributed by atoms with van der Waals surface area (Å²) in [6.07, 6.45) is 1.66. The van der Waals surface area contributed by atoms with Gasteiger partial charge in [-0.3, -0.25) is 0 Å². The molecule has 66 valence electrons. The Morgan fingerprint density at radius 2 is 1.92 bits per heavy atom. The van der Waals surface area contributed by atoms with Gasteiger partial charge in [0.15, 0.2) is 5.65 Å². The van der Waals surface area contributed by atoms with Crippen molar-refractivity contribution in [1.29, 1.82) is 0 Å². The van der Waals surface area contributed by atoms with Crippen LogP contribution in [0.25, 0.3) is 11.2 Å². The number of rotatable bonds is 0. The van der Waals surface area contributed by atoms with E-state index in [9.17, 15) is 0 Å². The number of nitrogen functional groups attached to an aromatic ring is 1. The number of nitrogens with two attached hydrogens (primary N) is 1. The first-order chi connectivity index (χ1) is 6.16. The Hall–Kier alpha value is -1.78. The van der Waals surface area contributed by atoms with Gasteiger partial charge in [-0.25, -0.2) is 15.0 Å². The molecule has 13 heavy (non-hydrogen) atoms. The first-order valence-electron chi connectivity index (χ1n) is 3.90. The van der Waals surface area contributed by atoms with Crippen LogP contribution in [-0.4, -0.2) is 19.9 Å². The van der Waals surface area contributed by atoms with Gasteiger partial charge in [0, 0.05) is 0 Å². The number of hydrogen-bond donors (Lipinski definition) is 1. The summed E-state index contributed by atoms with van der Waals surface area (Å²) in [7, 11) is 0.